The number of nitrogens with one attached hydrogen (secondary N) is 2. The summed E-state index contributed by atoms with van der Waals surface area (Å²) in [6.45, 7) is 4.93. The van der Waals surface area contributed by atoms with Crippen molar-refractivity contribution in [2.24, 2.45) is 4.99 Å². The first-order valence-corrected chi connectivity index (χ1v) is 10.2. The summed E-state index contributed by atoms with van der Waals surface area (Å²) in [7, 11) is 1.83. The van der Waals surface area contributed by atoms with Gasteiger partial charge in [0, 0.05) is 50.8 Å². The van der Waals surface area contributed by atoms with Crippen LogP contribution in [0.4, 0.5) is 0 Å². The molecule has 1 saturated heterocycles. The molecule has 0 spiro atoms. The van der Waals surface area contributed by atoms with Crippen LogP contribution in [-0.2, 0) is 11.2 Å². The van der Waals surface area contributed by atoms with Crippen LogP contribution in [0.3, 0.4) is 0 Å². The van der Waals surface area contributed by atoms with Gasteiger partial charge in [-0.05, 0) is 37.3 Å². The Labute approximate surface area is 167 Å². The number of hydrogen-bond acceptors (Lipinski definition) is 3. The van der Waals surface area contributed by atoms with Crippen LogP contribution in [0.15, 0.2) is 29.3 Å². The quantitative estimate of drug-likeness (QED) is 0.422. The van der Waals surface area contributed by atoms with Crippen LogP contribution in [0.5, 0.6) is 0 Å². The number of guanidine groups is 1. The topological polar surface area (TPSA) is 60.0 Å². The molecule has 1 aliphatic carbocycles. The van der Waals surface area contributed by atoms with E-state index in [4.69, 9.17) is 11.6 Å². The number of halogens is 1. The Morgan fingerprint density at radius 1 is 1.22 bits per heavy atom. The summed E-state index contributed by atoms with van der Waals surface area (Å²) < 4.78 is 0. The van der Waals surface area contributed by atoms with Gasteiger partial charge in [-0.3, -0.25) is 14.7 Å². The molecule has 148 valence electrons. The van der Waals surface area contributed by atoms with Crippen LogP contribution in [0.2, 0.25) is 5.02 Å². The van der Waals surface area contributed by atoms with E-state index in [1.807, 2.05) is 25.2 Å². The highest BCUT2D eigenvalue weighted by molar-refractivity contribution is 6.31. The molecule has 2 N–H and O–H groups in total. The lowest BCUT2D eigenvalue weighted by atomic mass is 10.1. The van der Waals surface area contributed by atoms with Crippen LogP contribution in [0, 0.1) is 0 Å². The molecular weight excluding hydrogens is 362 g/mol. The van der Waals surface area contributed by atoms with Gasteiger partial charge in [0.15, 0.2) is 5.96 Å². The Kier molecular flexibility index (Phi) is 7.35. The average molecular weight is 392 g/mol. The van der Waals surface area contributed by atoms with Crippen LogP contribution < -0.4 is 10.6 Å². The van der Waals surface area contributed by atoms with Crippen molar-refractivity contribution in [2.45, 2.75) is 31.7 Å². The fourth-order valence-electron chi connectivity index (χ4n) is 3.33. The molecule has 0 bridgehead atoms. The minimum Gasteiger partial charge on any atom is -0.356 e. The first-order valence-electron chi connectivity index (χ1n) is 9.86. The van der Waals surface area contributed by atoms with Crippen molar-refractivity contribution >= 4 is 23.5 Å². The SMILES string of the molecule is CN=C(NCCCc1ccccc1Cl)N1CCN(CC(=O)NC2CC2)CC1. The number of carbonyl (C=O) groups excluding carboxylic acids is 1. The van der Waals surface area contributed by atoms with Gasteiger partial charge in [0.25, 0.3) is 0 Å². The third-order valence-corrected chi connectivity index (χ3v) is 5.43. The lowest BCUT2D eigenvalue weighted by Crippen LogP contribution is -2.54. The number of amides is 1. The highest BCUT2D eigenvalue weighted by Gasteiger charge is 2.25. The molecule has 0 radical (unpaired) electrons. The maximum Gasteiger partial charge on any atom is 0.234 e. The third kappa shape index (κ3) is 6.40. The fourth-order valence-corrected chi connectivity index (χ4v) is 3.56. The highest BCUT2D eigenvalue weighted by Crippen LogP contribution is 2.18. The molecule has 2 aliphatic rings. The zero-order valence-corrected chi connectivity index (χ0v) is 16.8. The number of aryl methyl sites for hydroxylation is 1. The molecule has 1 saturated carbocycles. The summed E-state index contributed by atoms with van der Waals surface area (Å²) >= 11 is 6.21. The summed E-state index contributed by atoms with van der Waals surface area (Å²) in [6, 6.07) is 8.44. The number of benzene rings is 1. The molecule has 1 aliphatic heterocycles. The Bertz CT molecular complexity index is 654. The summed E-state index contributed by atoms with van der Waals surface area (Å²) in [5.74, 6) is 1.10. The number of rotatable bonds is 7. The minimum absolute atomic E-state index is 0.160. The monoisotopic (exact) mass is 391 g/mol. The normalized spacial score (nSPS) is 18.4. The Morgan fingerprint density at radius 2 is 1.96 bits per heavy atom. The third-order valence-electron chi connectivity index (χ3n) is 5.06. The molecule has 7 heteroatoms. The van der Waals surface area contributed by atoms with Gasteiger partial charge in [-0.25, -0.2) is 0 Å². The van der Waals surface area contributed by atoms with E-state index in [1.54, 1.807) is 0 Å². The van der Waals surface area contributed by atoms with Crippen LogP contribution in [-0.4, -0.2) is 74.0 Å². The fraction of sp³-hybridized carbons (Fsp3) is 0.600. The zero-order valence-electron chi connectivity index (χ0n) is 16.1. The lowest BCUT2D eigenvalue weighted by Gasteiger charge is -2.36. The molecule has 27 heavy (non-hydrogen) atoms. The molecule has 0 atom stereocenters. The summed E-state index contributed by atoms with van der Waals surface area (Å²) in [5.41, 5.74) is 1.19. The predicted octanol–water partition coefficient (Wildman–Crippen LogP) is 1.74. The summed E-state index contributed by atoms with van der Waals surface area (Å²) in [6.07, 6.45) is 4.23. The molecule has 1 aromatic rings. The van der Waals surface area contributed by atoms with E-state index in [0.717, 1.165) is 69.4 Å². The van der Waals surface area contributed by atoms with Crippen LogP contribution in [0.1, 0.15) is 24.8 Å². The largest absolute Gasteiger partial charge is 0.356 e. The number of carbonyl (C=O) groups is 1. The van der Waals surface area contributed by atoms with Crippen molar-refractivity contribution < 1.29 is 4.79 Å². The Hall–Kier alpha value is -1.79. The second-order valence-electron chi connectivity index (χ2n) is 7.27. The summed E-state index contributed by atoms with van der Waals surface area (Å²) in [5, 5.41) is 7.35. The maximum absolute atomic E-state index is 11.9. The van der Waals surface area contributed by atoms with Gasteiger partial charge in [0.05, 0.1) is 6.54 Å². The average Bonchev–Trinajstić information content (AvgIpc) is 3.48. The van der Waals surface area contributed by atoms with Gasteiger partial charge in [0.2, 0.25) is 5.91 Å². The van der Waals surface area contributed by atoms with Gasteiger partial charge < -0.3 is 15.5 Å². The highest BCUT2D eigenvalue weighted by atomic mass is 35.5. The standard InChI is InChI=1S/C20H30ClN5O/c1-22-20(23-10-4-6-16-5-2-3-7-18(16)21)26-13-11-25(12-14-26)15-19(27)24-17-8-9-17/h2-3,5,7,17H,4,6,8-15H2,1H3,(H,22,23)(H,24,27). The van der Waals surface area contributed by atoms with Crippen molar-refractivity contribution in [2.75, 3.05) is 46.3 Å². The van der Waals surface area contributed by atoms with Gasteiger partial charge in [-0.15, -0.1) is 0 Å². The lowest BCUT2D eigenvalue weighted by molar-refractivity contribution is -0.122. The van der Waals surface area contributed by atoms with Gasteiger partial charge in [0.1, 0.15) is 0 Å². The smallest absolute Gasteiger partial charge is 0.234 e. The second kappa shape index (κ2) is 9.95. The molecule has 0 aromatic heterocycles. The zero-order chi connectivity index (χ0) is 19.1. The van der Waals surface area contributed by atoms with Gasteiger partial charge in [-0.2, -0.15) is 0 Å². The minimum atomic E-state index is 0.160. The second-order valence-corrected chi connectivity index (χ2v) is 7.68. The first kappa shape index (κ1) is 20.0. The van der Waals surface area contributed by atoms with E-state index in [-0.39, 0.29) is 5.91 Å². The van der Waals surface area contributed by atoms with E-state index in [0.29, 0.717) is 12.6 Å². The van der Waals surface area contributed by atoms with Gasteiger partial charge in [-0.1, -0.05) is 29.8 Å². The molecule has 1 heterocycles. The van der Waals surface area contributed by atoms with E-state index in [9.17, 15) is 4.79 Å². The Morgan fingerprint density at radius 3 is 2.63 bits per heavy atom. The van der Waals surface area contributed by atoms with E-state index < -0.39 is 0 Å². The van der Waals surface area contributed by atoms with Crippen LogP contribution >= 0.6 is 11.6 Å². The molecule has 1 amide bonds. The van der Waals surface area contributed by atoms with Crippen molar-refractivity contribution in [1.82, 2.24) is 20.4 Å². The molecule has 3 rings (SSSR count). The van der Waals surface area contributed by atoms with Crippen molar-refractivity contribution in [3.05, 3.63) is 34.9 Å². The van der Waals surface area contributed by atoms with Gasteiger partial charge >= 0.3 is 0 Å². The molecular formula is C20H30ClN5O. The number of aliphatic imine (C=N–C) groups is 1. The number of hydrogen-bond donors (Lipinski definition) is 2. The number of nitrogens with zero attached hydrogens (tertiary/aromatic N) is 3. The molecule has 2 fully saturated rings. The maximum atomic E-state index is 11.9. The summed E-state index contributed by atoms with van der Waals surface area (Å²) in [4.78, 5) is 20.8. The van der Waals surface area contributed by atoms with E-state index >= 15 is 0 Å². The van der Waals surface area contributed by atoms with E-state index in [1.165, 1.54) is 5.56 Å². The van der Waals surface area contributed by atoms with Crippen molar-refractivity contribution in [1.29, 1.82) is 0 Å². The Balaban J connectivity index is 1.34. The van der Waals surface area contributed by atoms with Crippen molar-refractivity contribution in [3.8, 4) is 0 Å². The molecule has 0 unspecified atom stereocenters. The van der Waals surface area contributed by atoms with Crippen molar-refractivity contribution in [3.63, 3.8) is 0 Å². The molecule has 1 aromatic carbocycles. The molecule has 6 nitrogen and oxygen atoms in total. The number of piperazine rings is 1. The van der Waals surface area contributed by atoms with E-state index in [2.05, 4.69) is 31.5 Å². The predicted molar refractivity (Wildman–Crippen MR) is 110 cm³/mol. The van der Waals surface area contributed by atoms with Crippen LogP contribution in [0.25, 0.3) is 0 Å². The first-order chi connectivity index (χ1) is 13.2.